The van der Waals surface area contributed by atoms with Crippen molar-refractivity contribution in [3.63, 3.8) is 0 Å². The Morgan fingerprint density at radius 1 is 1.20 bits per heavy atom. The average molecular weight is 432 g/mol. The SMILES string of the molecule is COc1cc(CNCC2CCNCC2)cc(Cl)c1OCC(=O)Nc1ccc(C)cc1. The van der Waals surface area contributed by atoms with E-state index in [1.54, 1.807) is 7.11 Å². The van der Waals surface area contributed by atoms with Crippen LogP contribution in [0.5, 0.6) is 11.5 Å². The highest BCUT2D eigenvalue weighted by Crippen LogP contribution is 2.36. The van der Waals surface area contributed by atoms with Crippen molar-refractivity contribution in [3.05, 3.63) is 52.5 Å². The number of piperidine rings is 1. The number of methoxy groups -OCH3 is 1. The van der Waals surface area contributed by atoms with E-state index in [9.17, 15) is 4.79 Å². The number of carbonyl (C=O) groups excluding carboxylic acids is 1. The molecule has 0 radical (unpaired) electrons. The lowest BCUT2D eigenvalue weighted by atomic mass is 9.98. The monoisotopic (exact) mass is 431 g/mol. The number of hydrogen-bond donors (Lipinski definition) is 3. The van der Waals surface area contributed by atoms with Gasteiger partial charge in [0.05, 0.1) is 12.1 Å². The number of rotatable bonds is 9. The topological polar surface area (TPSA) is 71.6 Å². The Bertz CT molecular complexity index is 836. The number of halogens is 1. The van der Waals surface area contributed by atoms with E-state index in [0.717, 1.165) is 36.4 Å². The van der Waals surface area contributed by atoms with Crippen LogP contribution in [-0.4, -0.2) is 39.3 Å². The van der Waals surface area contributed by atoms with Crippen molar-refractivity contribution in [2.45, 2.75) is 26.3 Å². The molecule has 1 aliphatic heterocycles. The molecule has 3 rings (SSSR count). The zero-order chi connectivity index (χ0) is 21.3. The minimum Gasteiger partial charge on any atom is -0.493 e. The Hall–Kier alpha value is -2.28. The van der Waals surface area contributed by atoms with Gasteiger partial charge in [-0.15, -0.1) is 0 Å². The van der Waals surface area contributed by atoms with Gasteiger partial charge >= 0.3 is 0 Å². The predicted octanol–water partition coefficient (Wildman–Crippen LogP) is 3.76. The van der Waals surface area contributed by atoms with E-state index in [-0.39, 0.29) is 12.5 Å². The third-order valence-electron chi connectivity index (χ3n) is 5.19. The zero-order valence-electron chi connectivity index (χ0n) is 17.6. The Labute approximate surface area is 183 Å². The lowest BCUT2D eigenvalue weighted by Crippen LogP contribution is -2.33. The molecule has 0 saturated carbocycles. The first-order valence-corrected chi connectivity index (χ1v) is 10.7. The molecule has 3 N–H and O–H groups in total. The van der Waals surface area contributed by atoms with Crippen molar-refractivity contribution < 1.29 is 14.3 Å². The number of amides is 1. The van der Waals surface area contributed by atoms with Crippen molar-refractivity contribution in [2.75, 3.05) is 38.7 Å². The summed E-state index contributed by atoms with van der Waals surface area (Å²) in [6, 6.07) is 11.3. The summed E-state index contributed by atoms with van der Waals surface area (Å²) in [7, 11) is 1.57. The fraction of sp³-hybridized carbons (Fsp3) is 0.435. The van der Waals surface area contributed by atoms with Crippen molar-refractivity contribution >= 4 is 23.2 Å². The maximum Gasteiger partial charge on any atom is 0.262 e. The fourth-order valence-electron chi connectivity index (χ4n) is 3.49. The van der Waals surface area contributed by atoms with Crippen LogP contribution in [0.15, 0.2) is 36.4 Å². The minimum atomic E-state index is -0.260. The molecular weight excluding hydrogens is 402 g/mol. The number of aryl methyl sites for hydroxylation is 1. The number of ether oxygens (including phenoxy) is 2. The summed E-state index contributed by atoms with van der Waals surface area (Å²) in [6.45, 7) is 5.71. The molecule has 2 aromatic carbocycles. The van der Waals surface area contributed by atoms with Gasteiger partial charge in [-0.05, 0) is 75.1 Å². The Balaban J connectivity index is 1.53. The molecule has 0 aliphatic carbocycles. The zero-order valence-corrected chi connectivity index (χ0v) is 18.3. The highest BCUT2D eigenvalue weighted by molar-refractivity contribution is 6.32. The van der Waals surface area contributed by atoms with Crippen LogP contribution < -0.4 is 25.4 Å². The Morgan fingerprint density at radius 2 is 1.93 bits per heavy atom. The lowest BCUT2D eigenvalue weighted by molar-refractivity contribution is -0.118. The smallest absolute Gasteiger partial charge is 0.262 e. The Morgan fingerprint density at radius 3 is 2.63 bits per heavy atom. The van der Waals surface area contributed by atoms with Crippen LogP contribution in [0.25, 0.3) is 0 Å². The Kier molecular flexibility index (Phi) is 8.37. The number of nitrogens with one attached hydrogen (secondary N) is 3. The summed E-state index contributed by atoms with van der Waals surface area (Å²) in [5.41, 5.74) is 2.87. The van der Waals surface area contributed by atoms with Gasteiger partial charge in [-0.1, -0.05) is 29.3 Å². The van der Waals surface area contributed by atoms with Gasteiger partial charge in [0.15, 0.2) is 18.1 Å². The first kappa shape index (κ1) is 22.4. The van der Waals surface area contributed by atoms with Crippen LogP contribution in [0, 0.1) is 12.8 Å². The number of anilines is 1. The van der Waals surface area contributed by atoms with Crippen LogP contribution in [0.4, 0.5) is 5.69 Å². The second-order valence-corrected chi connectivity index (χ2v) is 8.04. The van der Waals surface area contributed by atoms with Gasteiger partial charge in [0.25, 0.3) is 5.91 Å². The quantitative estimate of drug-likeness (QED) is 0.563. The average Bonchev–Trinajstić information content (AvgIpc) is 2.75. The van der Waals surface area contributed by atoms with Gasteiger partial charge in [0, 0.05) is 12.2 Å². The number of carbonyl (C=O) groups is 1. The first-order valence-electron chi connectivity index (χ1n) is 10.3. The van der Waals surface area contributed by atoms with Gasteiger partial charge in [-0.2, -0.15) is 0 Å². The summed E-state index contributed by atoms with van der Waals surface area (Å²) >= 11 is 6.43. The van der Waals surface area contributed by atoms with Crippen molar-refractivity contribution in [2.24, 2.45) is 5.92 Å². The maximum absolute atomic E-state index is 12.2. The second kappa shape index (κ2) is 11.2. The van der Waals surface area contributed by atoms with Crippen molar-refractivity contribution in [1.82, 2.24) is 10.6 Å². The van der Waals surface area contributed by atoms with Crippen LogP contribution in [0.3, 0.4) is 0 Å². The van der Waals surface area contributed by atoms with E-state index in [0.29, 0.717) is 29.0 Å². The van der Waals surface area contributed by atoms with E-state index < -0.39 is 0 Å². The highest BCUT2D eigenvalue weighted by Gasteiger charge is 2.15. The van der Waals surface area contributed by atoms with E-state index in [2.05, 4.69) is 16.0 Å². The van der Waals surface area contributed by atoms with E-state index in [1.807, 2.05) is 43.3 Å². The third-order valence-corrected chi connectivity index (χ3v) is 5.47. The van der Waals surface area contributed by atoms with Crippen LogP contribution in [-0.2, 0) is 11.3 Å². The largest absolute Gasteiger partial charge is 0.493 e. The van der Waals surface area contributed by atoms with Crippen LogP contribution in [0.2, 0.25) is 5.02 Å². The molecule has 1 heterocycles. The molecule has 0 spiro atoms. The van der Waals surface area contributed by atoms with Crippen molar-refractivity contribution in [1.29, 1.82) is 0 Å². The van der Waals surface area contributed by atoms with E-state index >= 15 is 0 Å². The van der Waals surface area contributed by atoms with E-state index in [4.69, 9.17) is 21.1 Å². The predicted molar refractivity (Wildman–Crippen MR) is 121 cm³/mol. The molecule has 0 unspecified atom stereocenters. The summed E-state index contributed by atoms with van der Waals surface area (Å²) < 4.78 is 11.1. The lowest BCUT2D eigenvalue weighted by Gasteiger charge is -2.23. The second-order valence-electron chi connectivity index (χ2n) is 7.64. The van der Waals surface area contributed by atoms with Gasteiger partial charge in [0.1, 0.15) is 0 Å². The molecule has 30 heavy (non-hydrogen) atoms. The summed E-state index contributed by atoms with van der Waals surface area (Å²) in [4.78, 5) is 12.2. The summed E-state index contributed by atoms with van der Waals surface area (Å²) in [5.74, 6) is 1.34. The van der Waals surface area contributed by atoms with Gasteiger partial charge in [0.2, 0.25) is 0 Å². The number of hydrogen-bond acceptors (Lipinski definition) is 5. The third kappa shape index (κ3) is 6.62. The van der Waals surface area contributed by atoms with E-state index in [1.165, 1.54) is 12.8 Å². The van der Waals surface area contributed by atoms with Crippen LogP contribution >= 0.6 is 11.6 Å². The fourth-order valence-corrected chi connectivity index (χ4v) is 3.78. The molecule has 162 valence electrons. The molecule has 1 aliphatic rings. The van der Waals surface area contributed by atoms with Crippen molar-refractivity contribution in [3.8, 4) is 11.5 Å². The van der Waals surface area contributed by atoms with Gasteiger partial charge in [-0.3, -0.25) is 4.79 Å². The minimum absolute atomic E-state index is 0.155. The highest BCUT2D eigenvalue weighted by atomic mass is 35.5. The van der Waals surface area contributed by atoms with Gasteiger partial charge in [-0.25, -0.2) is 0 Å². The molecule has 0 aromatic heterocycles. The molecule has 2 aromatic rings. The molecule has 7 heteroatoms. The molecule has 6 nitrogen and oxygen atoms in total. The molecule has 1 fully saturated rings. The maximum atomic E-state index is 12.2. The molecule has 0 atom stereocenters. The first-order chi connectivity index (χ1) is 14.5. The molecule has 0 bridgehead atoms. The van der Waals surface area contributed by atoms with Crippen LogP contribution in [0.1, 0.15) is 24.0 Å². The summed E-state index contributed by atoms with van der Waals surface area (Å²) in [5, 5.41) is 10.1. The van der Waals surface area contributed by atoms with Gasteiger partial charge < -0.3 is 25.4 Å². The normalized spacial score (nSPS) is 14.4. The standard InChI is InChI=1S/C23H30ClN3O3/c1-16-3-5-19(6-4-16)27-22(28)15-30-23-20(24)11-18(12-21(23)29-2)14-26-13-17-7-9-25-10-8-17/h3-6,11-12,17,25-26H,7-10,13-15H2,1-2H3,(H,27,28). The molecule has 1 amide bonds. The molecule has 1 saturated heterocycles. The number of benzene rings is 2. The molecular formula is C23H30ClN3O3. The summed E-state index contributed by atoms with van der Waals surface area (Å²) in [6.07, 6.45) is 2.41.